The summed E-state index contributed by atoms with van der Waals surface area (Å²) in [7, 11) is -13.3. The van der Waals surface area contributed by atoms with E-state index in [9.17, 15) is 63.5 Å². The highest BCUT2D eigenvalue weighted by Crippen LogP contribution is 2.44. The van der Waals surface area contributed by atoms with Gasteiger partial charge in [-0.1, -0.05) is 0 Å². The van der Waals surface area contributed by atoms with Gasteiger partial charge >= 0.3 is 5.97 Å². The van der Waals surface area contributed by atoms with Crippen LogP contribution in [0, 0.1) is 6.92 Å². The Kier molecular flexibility index (Phi) is 12.3. The third kappa shape index (κ3) is 9.88. The number of amides is 2. The summed E-state index contributed by atoms with van der Waals surface area (Å²) in [4.78, 5) is 34.5. The number of benzene rings is 5. The Balaban J connectivity index is 1.30. The number of azo groups is 3. The molecule has 0 aliphatic carbocycles. The lowest BCUT2D eigenvalue weighted by Gasteiger charge is -2.12. The predicted octanol–water partition coefficient (Wildman–Crippen LogP) is 6.33. The number of hydrogen-bond acceptors (Lipinski definition) is 18. The molecule has 1 aliphatic rings. The van der Waals surface area contributed by atoms with Crippen LogP contribution in [0.2, 0.25) is 0 Å². The summed E-state index contributed by atoms with van der Waals surface area (Å²) < 4.78 is 107. The number of nitrogens with zero attached hydrogens (tertiary/aromatic N) is 8. The topological polar surface area (TPSA) is 366 Å². The maximum Gasteiger partial charge on any atom is 0.355 e. The van der Waals surface area contributed by atoms with E-state index in [0.717, 1.165) is 36.4 Å². The van der Waals surface area contributed by atoms with Gasteiger partial charge in [0.1, 0.15) is 32.6 Å². The van der Waals surface area contributed by atoms with Crippen molar-refractivity contribution in [3.05, 3.63) is 84.4 Å². The first-order valence-electron chi connectivity index (χ1n) is 17.3. The number of fused-ring (bicyclic) bond motifs is 1. The van der Waals surface area contributed by atoms with Crippen LogP contribution in [0.4, 0.5) is 39.8 Å². The molecule has 0 radical (unpaired) electrons. The molecule has 5 aromatic carbocycles. The molecule has 0 bridgehead atoms. The summed E-state index contributed by atoms with van der Waals surface area (Å²) >= 11 is 0. The Morgan fingerprint density at radius 3 is 2.02 bits per heavy atom. The standard InChI is InChI=1S/C36H29N9O15S3/c1-17-12-27(28(60-3)16-26(17)40-39-25-11-5-20(37-18(2)46)15-29(25)62(54,55)56)41-42-31-30(63(57,58)59)14-19-13-21(4-10-24(19)34(31)47)38-43-32-33(36(49)50)44-45(35(32)48)22-6-8-23(9-7-22)61(51,52)53/h4-16,32,47H,1-3H3,(H,37,46)(H,49,50)(H,51,52,53)(H,54,55,56)(H,57,58,59). The number of ether oxygens (including phenoxy) is 1. The van der Waals surface area contributed by atoms with E-state index >= 15 is 0 Å². The van der Waals surface area contributed by atoms with Gasteiger partial charge in [0.05, 0.1) is 29.1 Å². The Morgan fingerprint density at radius 1 is 0.762 bits per heavy atom. The van der Waals surface area contributed by atoms with E-state index in [4.69, 9.17) is 4.74 Å². The average Bonchev–Trinajstić information content (AvgIpc) is 3.54. The smallest absolute Gasteiger partial charge is 0.355 e. The fourth-order valence-electron chi connectivity index (χ4n) is 5.78. The zero-order chi connectivity index (χ0) is 46.2. The lowest BCUT2D eigenvalue weighted by atomic mass is 10.1. The molecule has 5 aromatic rings. The van der Waals surface area contributed by atoms with Gasteiger partial charge in [-0.25, -0.2) is 4.79 Å². The second kappa shape index (κ2) is 17.1. The van der Waals surface area contributed by atoms with Crippen molar-refractivity contribution in [3.8, 4) is 11.5 Å². The molecule has 6 rings (SSSR count). The fourth-order valence-corrected chi connectivity index (χ4v) is 7.57. The van der Waals surface area contributed by atoms with Crippen LogP contribution in [0.3, 0.4) is 0 Å². The Bertz CT molecular complexity index is 3230. The highest BCUT2D eigenvalue weighted by Gasteiger charge is 2.41. The van der Waals surface area contributed by atoms with Crippen molar-refractivity contribution < 1.29 is 68.2 Å². The van der Waals surface area contributed by atoms with Gasteiger partial charge < -0.3 is 20.3 Å². The highest BCUT2D eigenvalue weighted by atomic mass is 32.2. The third-order valence-corrected chi connectivity index (χ3v) is 11.3. The molecule has 0 saturated heterocycles. The molecule has 1 heterocycles. The molecular weight excluding hydrogens is 895 g/mol. The Labute approximate surface area is 355 Å². The number of aliphatic carboxylic acids is 1. The number of methoxy groups -OCH3 is 1. The number of hydrogen-bond donors (Lipinski definition) is 6. The minimum absolute atomic E-state index is 0.0204. The predicted molar refractivity (Wildman–Crippen MR) is 219 cm³/mol. The maximum absolute atomic E-state index is 13.2. The Morgan fingerprint density at radius 2 is 1.41 bits per heavy atom. The molecule has 1 aliphatic heterocycles. The monoisotopic (exact) mass is 923 g/mol. The molecule has 0 aromatic heterocycles. The molecule has 0 fully saturated rings. The van der Waals surface area contributed by atoms with E-state index in [1.54, 1.807) is 6.92 Å². The maximum atomic E-state index is 13.2. The van der Waals surface area contributed by atoms with Crippen molar-refractivity contribution in [2.75, 3.05) is 17.4 Å². The van der Waals surface area contributed by atoms with Crippen LogP contribution in [-0.4, -0.2) is 85.8 Å². The van der Waals surface area contributed by atoms with Gasteiger partial charge in [0.2, 0.25) is 11.9 Å². The number of nitrogens with one attached hydrogen (secondary N) is 1. The number of rotatable bonds is 13. The van der Waals surface area contributed by atoms with Crippen LogP contribution < -0.4 is 15.1 Å². The summed E-state index contributed by atoms with van der Waals surface area (Å²) in [5.74, 6) is -3.92. The van der Waals surface area contributed by atoms with Gasteiger partial charge in [-0.2, -0.15) is 50.7 Å². The Hall–Kier alpha value is -7.43. The molecule has 0 spiro atoms. The van der Waals surface area contributed by atoms with Gasteiger partial charge in [-0.3, -0.25) is 23.2 Å². The minimum atomic E-state index is -5.13. The minimum Gasteiger partial charge on any atom is -0.505 e. The third-order valence-electron chi connectivity index (χ3n) is 8.69. The molecule has 63 heavy (non-hydrogen) atoms. The number of hydrazone groups is 1. The molecule has 0 saturated carbocycles. The number of carbonyl (C=O) groups is 3. The van der Waals surface area contributed by atoms with E-state index < -0.39 is 86.0 Å². The summed E-state index contributed by atoms with van der Waals surface area (Å²) in [6.07, 6.45) is 0. The normalized spacial score (nSPS) is 14.9. The number of carboxylic acids is 1. The average molecular weight is 924 g/mol. The van der Waals surface area contributed by atoms with Crippen LogP contribution in [-0.2, 0) is 44.7 Å². The van der Waals surface area contributed by atoms with E-state index in [1.807, 2.05) is 0 Å². The molecular formula is C36H29N9O15S3. The summed E-state index contributed by atoms with van der Waals surface area (Å²) in [5.41, 5.74) is -1.39. The van der Waals surface area contributed by atoms with Gasteiger partial charge in [0.15, 0.2) is 11.5 Å². The van der Waals surface area contributed by atoms with Gasteiger partial charge in [0.25, 0.3) is 36.3 Å². The van der Waals surface area contributed by atoms with E-state index in [1.165, 1.54) is 56.5 Å². The van der Waals surface area contributed by atoms with Crippen molar-refractivity contribution in [1.29, 1.82) is 0 Å². The summed E-state index contributed by atoms with van der Waals surface area (Å²) in [6, 6.07) is 13.1. The van der Waals surface area contributed by atoms with Crippen molar-refractivity contribution in [1.82, 2.24) is 0 Å². The lowest BCUT2D eigenvalue weighted by Crippen LogP contribution is -2.33. The number of carbonyl (C=O) groups excluding carboxylic acids is 2. The first-order valence-corrected chi connectivity index (χ1v) is 21.6. The van der Waals surface area contributed by atoms with Crippen LogP contribution >= 0.6 is 0 Å². The molecule has 1 unspecified atom stereocenters. The van der Waals surface area contributed by atoms with Crippen molar-refractivity contribution in [3.63, 3.8) is 0 Å². The lowest BCUT2D eigenvalue weighted by molar-refractivity contribution is -0.130. The zero-order valence-electron chi connectivity index (χ0n) is 32.2. The van der Waals surface area contributed by atoms with Gasteiger partial charge in [-0.05, 0) is 90.7 Å². The highest BCUT2D eigenvalue weighted by molar-refractivity contribution is 7.86. The fraction of sp³-hybridized carbons (Fsp3) is 0.111. The molecule has 1 atom stereocenters. The largest absolute Gasteiger partial charge is 0.505 e. The second-order valence-electron chi connectivity index (χ2n) is 13.0. The van der Waals surface area contributed by atoms with Gasteiger partial charge in [-0.15, -0.1) is 15.3 Å². The van der Waals surface area contributed by atoms with Crippen LogP contribution in [0.25, 0.3) is 10.8 Å². The number of carboxylic acid groups (broad SMARTS) is 1. The van der Waals surface area contributed by atoms with Crippen LogP contribution in [0.15, 0.2) is 129 Å². The van der Waals surface area contributed by atoms with Crippen molar-refractivity contribution >= 4 is 104 Å². The first kappa shape index (κ1) is 45.1. The van der Waals surface area contributed by atoms with E-state index in [0.29, 0.717) is 10.6 Å². The number of aromatic hydroxyl groups is 1. The molecule has 326 valence electrons. The van der Waals surface area contributed by atoms with E-state index in [-0.39, 0.29) is 50.6 Å². The summed E-state index contributed by atoms with van der Waals surface area (Å²) in [5, 5.41) is 51.3. The molecule has 2 amide bonds. The molecule has 6 N–H and O–H groups in total. The first-order chi connectivity index (χ1) is 29.5. The number of phenolic OH excluding ortho intramolecular Hbond substituents is 1. The number of aryl methyl sites for hydroxylation is 1. The number of phenols is 1. The van der Waals surface area contributed by atoms with Crippen molar-refractivity contribution in [2.45, 2.75) is 34.6 Å². The van der Waals surface area contributed by atoms with Crippen LogP contribution in [0.5, 0.6) is 11.5 Å². The van der Waals surface area contributed by atoms with Crippen molar-refractivity contribution in [2.24, 2.45) is 35.8 Å². The number of anilines is 2. The van der Waals surface area contributed by atoms with Gasteiger partial charge in [0, 0.05) is 24.1 Å². The summed E-state index contributed by atoms with van der Waals surface area (Å²) in [6.45, 7) is 2.75. The quantitative estimate of drug-likeness (QED) is 0.0555. The SMILES string of the molecule is COc1cc(N=Nc2ccc(NC(C)=O)cc2S(=O)(=O)O)c(C)cc1N=Nc1c(S(=O)(=O)O)cc2cc(N=NC3C(=O)N(c4ccc(S(=O)(=O)O)cc4)N=C3C(=O)O)ccc2c1O. The van der Waals surface area contributed by atoms with E-state index in [2.05, 4.69) is 41.1 Å². The zero-order valence-corrected chi connectivity index (χ0v) is 34.7. The molecule has 24 nitrogen and oxygen atoms in total. The molecule has 27 heteroatoms. The van der Waals surface area contributed by atoms with Crippen LogP contribution in [0.1, 0.15) is 12.5 Å². The second-order valence-corrected chi connectivity index (χ2v) is 17.2.